The molecule has 1 saturated heterocycles. The van der Waals surface area contributed by atoms with Gasteiger partial charge in [-0.05, 0) is 25.5 Å². The summed E-state index contributed by atoms with van der Waals surface area (Å²) >= 11 is 0. The Morgan fingerprint density at radius 1 is 1.35 bits per heavy atom. The highest BCUT2D eigenvalue weighted by Crippen LogP contribution is 2.39. The molecule has 1 aromatic heterocycles. The van der Waals surface area contributed by atoms with Crippen molar-refractivity contribution in [1.29, 1.82) is 0 Å². The number of likely N-dealkylation sites (tertiary alicyclic amines) is 1. The van der Waals surface area contributed by atoms with E-state index in [9.17, 15) is 9.59 Å². The highest BCUT2D eigenvalue weighted by molar-refractivity contribution is 6.00. The van der Waals surface area contributed by atoms with Gasteiger partial charge in [0.05, 0.1) is 30.3 Å². The van der Waals surface area contributed by atoms with Gasteiger partial charge in [-0.1, -0.05) is 19.1 Å². The number of rotatable bonds is 3. The molecule has 1 fully saturated rings. The van der Waals surface area contributed by atoms with E-state index in [1.54, 1.807) is 17.2 Å². The Morgan fingerprint density at radius 3 is 2.96 bits per heavy atom. The highest BCUT2D eigenvalue weighted by Gasteiger charge is 2.47. The van der Waals surface area contributed by atoms with Crippen LogP contribution < -0.4 is 4.74 Å². The third-order valence-corrected chi connectivity index (χ3v) is 5.37. The fourth-order valence-electron chi connectivity index (χ4n) is 3.95. The van der Waals surface area contributed by atoms with E-state index < -0.39 is 5.60 Å². The molecule has 6 heteroatoms. The van der Waals surface area contributed by atoms with Gasteiger partial charge in [0.15, 0.2) is 5.78 Å². The molecule has 0 radical (unpaired) electrons. The third kappa shape index (κ3) is 2.69. The lowest BCUT2D eigenvalue weighted by Crippen LogP contribution is -2.45. The minimum atomic E-state index is -0.603. The van der Waals surface area contributed by atoms with Crippen LogP contribution >= 0.6 is 0 Å². The smallest absolute Gasteiger partial charge is 0.257 e. The first-order chi connectivity index (χ1) is 12.5. The van der Waals surface area contributed by atoms with Gasteiger partial charge in [0, 0.05) is 25.2 Å². The van der Waals surface area contributed by atoms with Crippen molar-refractivity contribution in [3.63, 3.8) is 0 Å². The number of aryl methyl sites for hydroxylation is 1. The van der Waals surface area contributed by atoms with E-state index in [1.165, 1.54) is 0 Å². The molecule has 1 amide bonds. The Balaban J connectivity index is 1.54. The SMILES string of the molecule is CCCn1ncc(C(=O)N2CCC3(CC(=O)c4ccccc4O3)C2)c1C. The predicted octanol–water partition coefficient (Wildman–Crippen LogP) is 2.85. The van der Waals surface area contributed by atoms with Gasteiger partial charge < -0.3 is 9.64 Å². The van der Waals surface area contributed by atoms with Gasteiger partial charge in [-0.25, -0.2) is 0 Å². The summed E-state index contributed by atoms with van der Waals surface area (Å²) in [5, 5.41) is 4.33. The number of ketones is 1. The monoisotopic (exact) mass is 353 g/mol. The van der Waals surface area contributed by atoms with Crippen molar-refractivity contribution in [2.45, 2.75) is 45.3 Å². The first kappa shape index (κ1) is 16.8. The molecule has 1 unspecified atom stereocenters. The lowest BCUT2D eigenvalue weighted by molar-refractivity contribution is 0.0428. The Bertz CT molecular complexity index is 873. The molecule has 136 valence electrons. The van der Waals surface area contributed by atoms with Crippen LogP contribution in [-0.4, -0.2) is 45.1 Å². The van der Waals surface area contributed by atoms with E-state index in [-0.39, 0.29) is 11.7 Å². The minimum absolute atomic E-state index is 0.0309. The van der Waals surface area contributed by atoms with Crippen LogP contribution in [0.3, 0.4) is 0 Å². The number of aromatic nitrogens is 2. The molecule has 3 heterocycles. The number of hydrogen-bond donors (Lipinski definition) is 0. The fraction of sp³-hybridized carbons (Fsp3) is 0.450. The second-order valence-corrected chi connectivity index (χ2v) is 7.22. The van der Waals surface area contributed by atoms with Crippen molar-refractivity contribution in [2.75, 3.05) is 13.1 Å². The van der Waals surface area contributed by atoms with Gasteiger partial charge in [-0.3, -0.25) is 14.3 Å². The number of ether oxygens (including phenoxy) is 1. The molecule has 2 aliphatic rings. The zero-order valence-electron chi connectivity index (χ0n) is 15.2. The van der Waals surface area contributed by atoms with Crippen LogP contribution in [0, 0.1) is 6.92 Å². The van der Waals surface area contributed by atoms with Gasteiger partial charge in [-0.2, -0.15) is 5.10 Å². The van der Waals surface area contributed by atoms with E-state index in [0.29, 0.717) is 42.8 Å². The molecule has 0 saturated carbocycles. The lowest BCUT2D eigenvalue weighted by atomic mass is 9.89. The van der Waals surface area contributed by atoms with Crippen LogP contribution in [0.25, 0.3) is 0 Å². The molecule has 0 bridgehead atoms. The van der Waals surface area contributed by atoms with Crippen molar-refractivity contribution < 1.29 is 14.3 Å². The van der Waals surface area contributed by atoms with Crippen molar-refractivity contribution in [2.24, 2.45) is 0 Å². The number of fused-ring (bicyclic) bond motifs is 1. The minimum Gasteiger partial charge on any atom is -0.484 e. The van der Waals surface area contributed by atoms with Crippen molar-refractivity contribution in [1.82, 2.24) is 14.7 Å². The summed E-state index contributed by atoms with van der Waals surface area (Å²) in [6.07, 6.45) is 3.61. The van der Waals surface area contributed by atoms with Crippen molar-refractivity contribution in [3.8, 4) is 5.75 Å². The van der Waals surface area contributed by atoms with Crippen LogP contribution in [0.5, 0.6) is 5.75 Å². The summed E-state index contributed by atoms with van der Waals surface area (Å²) in [4.78, 5) is 27.3. The number of benzene rings is 1. The Hall–Kier alpha value is -2.63. The number of para-hydroxylation sites is 1. The molecular formula is C20H23N3O3. The maximum Gasteiger partial charge on any atom is 0.257 e. The molecule has 2 aromatic rings. The molecule has 1 atom stereocenters. The van der Waals surface area contributed by atoms with E-state index in [2.05, 4.69) is 12.0 Å². The second kappa shape index (κ2) is 6.27. The van der Waals surface area contributed by atoms with E-state index in [4.69, 9.17) is 4.74 Å². The number of carbonyl (C=O) groups excluding carboxylic acids is 2. The summed E-state index contributed by atoms with van der Waals surface area (Å²) < 4.78 is 8.08. The molecular weight excluding hydrogens is 330 g/mol. The molecule has 1 aromatic carbocycles. The Labute approximate surface area is 152 Å². The topological polar surface area (TPSA) is 64.4 Å². The maximum absolute atomic E-state index is 13.0. The number of nitrogens with zero attached hydrogens (tertiary/aromatic N) is 3. The van der Waals surface area contributed by atoms with E-state index in [1.807, 2.05) is 29.8 Å². The summed E-state index contributed by atoms with van der Waals surface area (Å²) in [6.45, 7) is 5.84. The number of Topliss-reactive ketones (excluding diaryl/α,β-unsaturated/α-hetero) is 1. The van der Waals surface area contributed by atoms with E-state index in [0.717, 1.165) is 18.7 Å². The quantitative estimate of drug-likeness (QED) is 0.851. The zero-order valence-corrected chi connectivity index (χ0v) is 15.2. The first-order valence-electron chi connectivity index (χ1n) is 9.16. The Kier molecular flexibility index (Phi) is 4.05. The van der Waals surface area contributed by atoms with Crippen molar-refractivity contribution in [3.05, 3.63) is 47.3 Å². The largest absolute Gasteiger partial charge is 0.484 e. The molecule has 2 aliphatic heterocycles. The van der Waals surface area contributed by atoms with Gasteiger partial charge in [0.25, 0.3) is 5.91 Å². The van der Waals surface area contributed by atoms with Crippen LogP contribution in [0.1, 0.15) is 52.6 Å². The number of hydrogen-bond acceptors (Lipinski definition) is 4. The standard InChI is InChI=1S/C20H23N3O3/c1-3-9-23-14(2)16(12-21-23)19(25)22-10-8-20(13-22)11-17(24)15-6-4-5-7-18(15)26-20/h4-7,12H,3,8-11,13H2,1-2H3. The van der Waals surface area contributed by atoms with Gasteiger partial charge in [0.1, 0.15) is 11.4 Å². The summed E-state index contributed by atoms with van der Waals surface area (Å²) in [5.41, 5.74) is 1.57. The third-order valence-electron chi connectivity index (χ3n) is 5.37. The molecule has 26 heavy (non-hydrogen) atoms. The zero-order chi connectivity index (χ0) is 18.3. The van der Waals surface area contributed by atoms with Crippen molar-refractivity contribution >= 4 is 11.7 Å². The fourth-order valence-corrected chi connectivity index (χ4v) is 3.95. The molecule has 4 rings (SSSR count). The number of amides is 1. The summed E-state index contributed by atoms with van der Waals surface area (Å²) in [6, 6.07) is 7.35. The Morgan fingerprint density at radius 2 is 2.15 bits per heavy atom. The molecule has 6 nitrogen and oxygen atoms in total. The van der Waals surface area contributed by atoms with E-state index >= 15 is 0 Å². The van der Waals surface area contributed by atoms with Crippen LogP contribution in [0.15, 0.2) is 30.5 Å². The second-order valence-electron chi connectivity index (χ2n) is 7.22. The molecule has 1 spiro atoms. The van der Waals surface area contributed by atoms with Crippen LogP contribution in [0.2, 0.25) is 0 Å². The van der Waals surface area contributed by atoms with Gasteiger partial charge in [-0.15, -0.1) is 0 Å². The highest BCUT2D eigenvalue weighted by atomic mass is 16.5. The molecule has 0 N–H and O–H groups in total. The average Bonchev–Trinajstić information content (AvgIpc) is 3.19. The van der Waals surface area contributed by atoms with Gasteiger partial charge in [0.2, 0.25) is 0 Å². The summed E-state index contributed by atoms with van der Waals surface area (Å²) in [5.74, 6) is 0.690. The van der Waals surface area contributed by atoms with Crippen LogP contribution in [-0.2, 0) is 6.54 Å². The average molecular weight is 353 g/mol. The first-order valence-corrected chi connectivity index (χ1v) is 9.16. The predicted molar refractivity (Wildman–Crippen MR) is 96.5 cm³/mol. The summed E-state index contributed by atoms with van der Waals surface area (Å²) in [7, 11) is 0. The molecule has 0 aliphatic carbocycles. The lowest BCUT2D eigenvalue weighted by Gasteiger charge is -2.34. The normalized spacial score (nSPS) is 21.8. The number of carbonyl (C=O) groups is 2. The van der Waals surface area contributed by atoms with Crippen LogP contribution in [0.4, 0.5) is 0 Å². The maximum atomic E-state index is 13.0. The van der Waals surface area contributed by atoms with Gasteiger partial charge >= 0.3 is 0 Å².